The molecule has 0 fully saturated rings. The van der Waals surface area contributed by atoms with Gasteiger partial charge in [0, 0.05) is 16.5 Å². The molecular formula is C11H8BrFO2. The van der Waals surface area contributed by atoms with Gasteiger partial charge in [-0.15, -0.1) is 0 Å². The second-order valence-corrected chi connectivity index (χ2v) is 4.01. The first kappa shape index (κ1) is 10.4. The summed E-state index contributed by atoms with van der Waals surface area (Å²) in [6.07, 6.45) is 2.45. The molecule has 0 saturated heterocycles. The van der Waals surface area contributed by atoms with Gasteiger partial charge in [-0.2, -0.15) is 0 Å². The van der Waals surface area contributed by atoms with Gasteiger partial charge >= 0.3 is 0 Å². The minimum atomic E-state index is -0.430. The molecule has 0 saturated carbocycles. The molecule has 0 aliphatic carbocycles. The van der Waals surface area contributed by atoms with Crippen molar-refractivity contribution in [2.24, 2.45) is 0 Å². The molecule has 1 heterocycles. The first-order valence-corrected chi connectivity index (χ1v) is 5.30. The number of ether oxygens (including phenoxy) is 1. The molecule has 15 heavy (non-hydrogen) atoms. The van der Waals surface area contributed by atoms with E-state index in [0.717, 1.165) is 6.42 Å². The maximum atomic E-state index is 13.0. The zero-order chi connectivity index (χ0) is 10.8. The van der Waals surface area contributed by atoms with E-state index in [1.165, 1.54) is 18.2 Å². The normalized spacial score (nSPS) is 14.7. The van der Waals surface area contributed by atoms with E-state index in [9.17, 15) is 9.18 Å². The van der Waals surface area contributed by atoms with Crippen LogP contribution in [0.25, 0.3) is 0 Å². The van der Waals surface area contributed by atoms with Crippen LogP contribution in [-0.4, -0.2) is 12.4 Å². The Balaban J connectivity index is 2.36. The molecule has 0 atom stereocenters. The molecule has 0 N–H and O–H groups in total. The highest BCUT2D eigenvalue weighted by Crippen LogP contribution is 2.23. The highest BCUT2D eigenvalue weighted by Gasteiger charge is 2.19. The number of hydrogen-bond acceptors (Lipinski definition) is 2. The van der Waals surface area contributed by atoms with Gasteiger partial charge in [0.05, 0.1) is 6.61 Å². The zero-order valence-corrected chi connectivity index (χ0v) is 9.38. The lowest BCUT2D eigenvalue weighted by Gasteiger charge is -2.05. The van der Waals surface area contributed by atoms with Crippen LogP contribution >= 0.6 is 15.9 Å². The largest absolute Gasteiger partial charge is 0.489 e. The van der Waals surface area contributed by atoms with Gasteiger partial charge in [-0.05, 0) is 24.3 Å². The average molecular weight is 271 g/mol. The Labute approximate surface area is 94.9 Å². The Bertz CT molecular complexity index is 440. The molecule has 4 heteroatoms. The third kappa shape index (κ3) is 2.09. The van der Waals surface area contributed by atoms with Crippen LogP contribution in [0.15, 0.2) is 34.5 Å². The summed E-state index contributed by atoms with van der Waals surface area (Å²) >= 11 is 3.21. The van der Waals surface area contributed by atoms with Crippen molar-refractivity contribution in [2.45, 2.75) is 6.42 Å². The number of allylic oxidation sites excluding steroid dienone is 1. The highest BCUT2D eigenvalue weighted by molar-refractivity contribution is 9.10. The van der Waals surface area contributed by atoms with Gasteiger partial charge in [-0.1, -0.05) is 15.9 Å². The van der Waals surface area contributed by atoms with Gasteiger partial charge in [-0.3, -0.25) is 4.79 Å². The number of hydrogen-bond donors (Lipinski definition) is 0. The molecule has 1 aromatic rings. The van der Waals surface area contributed by atoms with Crippen molar-refractivity contribution in [3.8, 4) is 0 Å². The number of rotatable bonds is 2. The summed E-state index contributed by atoms with van der Waals surface area (Å²) in [5, 5.41) is 0. The molecular weight excluding hydrogens is 263 g/mol. The molecule has 0 spiro atoms. The quantitative estimate of drug-likeness (QED) is 0.773. The Morgan fingerprint density at radius 1 is 1.47 bits per heavy atom. The van der Waals surface area contributed by atoms with Crippen LogP contribution in [0.1, 0.15) is 16.8 Å². The van der Waals surface area contributed by atoms with Crippen LogP contribution in [0, 0.1) is 5.82 Å². The van der Waals surface area contributed by atoms with E-state index in [-0.39, 0.29) is 5.78 Å². The van der Waals surface area contributed by atoms with Gasteiger partial charge in [0.2, 0.25) is 5.78 Å². The number of Topliss-reactive ketones (excluding diaryl/α,β-unsaturated/α-hetero) is 1. The van der Waals surface area contributed by atoms with E-state index in [1.54, 1.807) is 6.08 Å². The smallest absolute Gasteiger partial charge is 0.228 e. The SMILES string of the molecule is O=C(C1=CCCO1)c1cc(F)ccc1Br. The maximum absolute atomic E-state index is 13.0. The van der Waals surface area contributed by atoms with Gasteiger partial charge in [-0.25, -0.2) is 4.39 Å². The van der Waals surface area contributed by atoms with Crippen molar-refractivity contribution in [1.82, 2.24) is 0 Å². The van der Waals surface area contributed by atoms with Crippen molar-refractivity contribution in [3.63, 3.8) is 0 Å². The standard InChI is InChI=1S/C11H8BrFO2/c12-9-4-3-7(13)6-8(9)11(14)10-2-1-5-15-10/h2-4,6H,1,5H2. The molecule has 0 amide bonds. The van der Waals surface area contributed by atoms with Crippen molar-refractivity contribution in [1.29, 1.82) is 0 Å². The first-order chi connectivity index (χ1) is 7.18. The Morgan fingerprint density at radius 3 is 2.93 bits per heavy atom. The molecule has 2 nitrogen and oxygen atoms in total. The zero-order valence-electron chi connectivity index (χ0n) is 7.80. The summed E-state index contributed by atoms with van der Waals surface area (Å²) in [6.45, 7) is 0.522. The van der Waals surface area contributed by atoms with Crippen LogP contribution in [0.5, 0.6) is 0 Å². The van der Waals surface area contributed by atoms with Crippen molar-refractivity contribution >= 4 is 21.7 Å². The molecule has 1 aliphatic rings. The minimum absolute atomic E-state index is 0.279. The lowest BCUT2D eigenvalue weighted by molar-refractivity contribution is 0.0941. The number of carbonyl (C=O) groups is 1. The summed E-state index contributed by atoms with van der Waals surface area (Å²) in [7, 11) is 0. The van der Waals surface area contributed by atoms with Crippen molar-refractivity contribution in [3.05, 3.63) is 45.9 Å². The molecule has 1 aromatic carbocycles. The van der Waals surface area contributed by atoms with E-state index < -0.39 is 5.82 Å². The summed E-state index contributed by atoms with van der Waals surface area (Å²) < 4.78 is 18.7. The average Bonchev–Trinajstić information content (AvgIpc) is 2.74. The predicted octanol–water partition coefficient (Wildman–Crippen LogP) is 3.08. The van der Waals surface area contributed by atoms with E-state index in [1.807, 2.05) is 0 Å². The van der Waals surface area contributed by atoms with Gasteiger partial charge in [0.15, 0.2) is 5.76 Å². The van der Waals surface area contributed by atoms with Crippen LogP contribution in [-0.2, 0) is 4.74 Å². The van der Waals surface area contributed by atoms with Crippen LogP contribution < -0.4 is 0 Å². The number of carbonyl (C=O) groups excluding carboxylic acids is 1. The fraction of sp³-hybridized carbons (Fsp3) is 0.182. The molecule has 0 aromatic heterocycles. The summed E-state index contributed by atoms with van der Waals surface area (Å²) in [5.74, 6) is -0.402. The third-order valence-electron chi connectivity index (χ3n) is 2.10. The second kappa shape index (κ2) is 4.14. The van der Waals surface area contributed by atoms with Crippen molar-refractivity contribution in [2.75, 3.05) is 6.61 Å². The monoisotopic (exact) mass is 270 g/mol. The van der Waals surface area contributed by atoms with E-state index >= 15 is 0 Å². The maximum Gasteiger partial charge on any atom is 0.228 e. The molecule has 0 bridgehead atoms. The van der Waals surface area contributed by atoms with Gasteiger partial charge < -0.3 is 4.74 Å². The van der Waals surface area contributed by atoms with E-state index in [0.29, 0.717) is 22.4 Å². The fourth-order valence-electron chi connectivity index (χ4n) is 1.38. The molecule has 1 aliphatic heterocycles. The van der Waals surface area contributed by atoms with Crippen LogP contribution in [0.3, 0.4) is 0 Å². The highest BCUT2D eigenvalue weighted by atomic mass is 79.9. The summed E-state index contributed by atoms with van der Waals surface area (Å²) in [6, 6.07) is 4.01. The molecule has 78 valence electrons. The Morgan fingerprint density at radius 2 is 2.27 bits per heavy atom. The second-order valence-electron chi connectivity index (χ2n) is 3.16. The fourth-order valence-corrected chi connectivity index (χ4v) is 1.81. The third-order valence-corrected chi connectivity index (χ3v) is 2.79. The molecule has 0 unspecified atom stereocenters. The van der Waals surface area contributed by atoms with Crippen LogP contribution in [0.4, 0.5) is 4.39 Å². The lowest BCUT2D eigenvalue weighted by Crippen LogP contribution is -2.05. The molecule has 2 rings (SSSR count). The first-order valence-electron chi connectivity index (χ1n) is 4.51. The Hall–Kier alpha value is -1.16. The van der Waals surface area contributed by atoms with E-state index in [4.69, 9.17) is 4.74 Å². The number of halogens is 2. The summed E-state index contributed by atoms with van der Waals surface area (Å²) in [5.41, 5.74) is 0.295. The van der Waals surface area contributed by atoms with Crippen LogP contribution in [0.2, 0.25) is 0 Å². The topological polar surface area (TPSA) is 26.3 Å². The van der Waals surface area contributed by atoms with E-state index in [2.05, 4.69) is 15.9 Å². The molecule has 0 radical (unpaired) electrons. The summed E-state index contributed by atoms with van der Waals surface area (Å²) in [4.78, 5) is 11.8. The Kier molecular flexibility index (Phi) is 2.86. The number of benzene rings is 1. The number of ketones is 1. The van der Waals surface area contributed by atoms with Gasteiger partial charge in [0.25, 0.3) is 0 Å². The van der Waals surface area contributed by atoms with Crippen molar-refractivity contribution < 1.29 is 13.9 Å². The predicted molar refractivity (Wildman–Crippen MR) is 57.1 cm³/mol. The minimum Gasteiger partial charge on any atom is -0.489 e. The lowest BCUT2D eigenvalue weighted by atomic mass is 10.1. The van der Waals surface area contributed by atoms with Gasteiger partial charge in [0.1, 0.15) is 5.82 Å².